The lowest BCUT2D eigenvalue weighted by atomic mass is 10.0. The van der Waals surface area contributed by atoms with Gasteiger partial charge in [-0.1, -0.05) is 6.07 Å². The van der Waals surface area contributed by atoms with E-state index >= 15 is 0 Å². The fourth-order valence-corrected chi connectivity index (χ4v) is 3.04. The van der Waals surface area contributed by atoms with E-state index in [0.29, 0.717) is 6.04 Å². The maximum Gasteiger partial charge on any atom is 0.264 e. The number of amides is 1. The summed E-state index contributed by atoms with van der Waals surface area (Å²) in [5.74, 6) is 0.811. The minimum atomic E-state index is 0.00908. The van der Waals surface area contributed by atoms with Gasteiger partial charge < -0.3 is 15.0 Å². The third-order valence-electron chi connectivity index (χ3n) is 4.42. The fraction of sp³-hybridized carbons (Fsp3) is 0.562. The molecular weight excluding hydrogens is 266 g/mol. The van der Waals surface area contributed by atoms with Gasteiger partial charge in [0, 0.05) is 39.3 Å². The first kappa shape index (κ1) is 14.4. The Kier molecular flexibility index (Phi) is 4.12. The van der Waals surface area contributed by atoms with E-state index in [2.05, 4.69) is 29.3 Å². The van der Waals surface area contributed by atoms with Gasteiger partial charge in [-0.3, -0.25) is 9.69 Å². The zero-order valence-electron chi connectivity index (χ0n) is 12.8. The highest BCUT2D eigenvalue weighted by atomic mass is 16.5. The molecule has 0 aromatic heterocycles. The van der Waals surface area contributed by atoms with Gasteiger partial charge in [0.05, 0.1) is 5.69 Å². The van der Waals surface area contributed by atoms with Gasteiger partial charge in [0.25, 0.3) is 5.91 Å². The second-order valence-electron chi connectivity index (χ2n) is 5.88. The molecule has 2 aliphatic rings. The number of rotatable bonds is 3. The number of benzene rings is 1. The molecule has 0 aliphatic carbocycles. The number of hydrogen-bond donors (Lipinski definition) is 1. The van der Waals surface area contributed by atoms with Crippen molar-refractivity contribution in [2.24, 2.45) is 0 Å². The molecule has 1 amide bonds. The van der Waals surface area contributed by atoms with Gasteiger partial charge in [-0.2, -0.15) is 0 Å². The smallest absolute Gasteiger partial charge is 0.264 e. The molecule has 2 heterocycles. The minimum Gasteiger partial charge on any atom is -0.482 e. The monoisotopic (exact) mass is 289 g/mol. The van der Waals surface area contributed by atoms with E-state index in [0.717, 1.165) is 44.0 Å². The Morgan fingerprint density at radius 3 is 2.86 bits per heavy atom. The molecular formula is C16H23N3O2. The highest BCUT2D eigenvalue weighted by molar-refractivity contribution is 5.97. The van der Waals surface area contributed by atoms with Crippen LogP contribution in [0.1, 0.15) is 12.5 Å². The molecule has 3 rings (SSSR count). The molecule has 1 unspecified atom stereocenters. The first-order chi connectivity index (χ1) is 10.1. The molecule has 1 saturated heterocycles. The third-order valence-corrected chi connectivity index (χ3v) is 4.42. The predicted molar refractivity (Wildman–Crippen MR) is 83.0 cm³/mol. The number of piperazine rings is 1. The van der Waals surface area contributed by atoms with Crippen molar-refractivity contribution >= 4 is 11.6 Å². The zero-order valence-corrected chi connectivity index (χ0v) is 12.8. The Bertz CT molecular complexity index is 526. The molecule has 1 N–H and O–H groups in total. The Labute approximate surface area is 125 Å². The number of anilines is 1. The first-order valence-electron chi connectivity index (χ1n) is 7.62. The predicted octanol–water partition coefficient (Wildman–Crippen LogP) is 0.878. The van der Waals surface area contributed by atoms with Crippen LogP contribution in [0, 0.1) is 0 Å². The van der Waals surface area contributed by atoms with Crippen molar-refractivity contribution in [1.29, 1.82) is 0 Å². The molecule has 5 heteroatoms. The van der Waals surface area contributed by atoms with Crippen molar-refractivity contribution in [2.75, 3.05) is 44.7 Å². The lowest BCUT2D eigenvalue weighted by molar-refractivity contribution is -0.120. The molecule has 0 radical (unpaired) electrons. The molecule has 2 aliphatic heterocycles. The van der Waals surface area contributed by atoms with Gasteiger partial charge >= 0.3 is 0 Å². The molecule has 1 fully saturated rings. The van der Waals surface area contributed by atoms with Gasteiger partial charge in [-0.25, -0.2) is 0 Å². The van der Waals surface area contributed by atoms with Crippen molar-refractivity contribution in [1.82, 2.24) is 10.2 Å². The zero-order chi connectivity index (χ0) is 14.8. The van der Waals surface area contributed by atoms with E-state index in [1.807, 2.05) is 13.1 Å². The lowest BCUT2D eigenvalue weighted by Gasteiger charge is -2.33. The van der Waals surface area contributed by atoms with E-state index in [-0.39, 0.29) is 12.5 Å². The van der Waals surface area contributed by atoms with Gasteiger partial charge in [0.15, 0.2) is 6.61 Å². The minimum absolute atomic E-state index is 0.00908. The summed E-state index contributed by atoms with van der Waals surface area (Å²) in [5, 5.41) is 3.38. The van der Waals surface area contributed by atoms with Gasteiger partial charge in [-0.15, -0.1) is 0 Å². The number of carbonyl (C=O) groups is 1. The number of hydrogen-bond acceptors (Lipinski definition) is 4. The van der Waals surface area contributed by atoms with Crippen LogP contribution in [0.25, 0.3) is 0 Å². The van der Waals surface area contributed by atoms with Gasteiger partial charge in [0.2, 0.25) is 0 Å². The molecule has 5 nitrogen and oxygen atoms in total. The van der Waals surface area contributed by atoms with E-state index in [1.165, 1.54) is 5.56 Å². The quantitative estimate of drug-likeness (QED) is 0.897. The van der Waals surface area contributed by atoms with Crippen molar-refractivity contribution in [2.45, 2.75) is 19.4 Å². The van der Waals surface area contributed by atoms with E-state index in [4.69, 9.17) is 4.74 Å². The molecule has 1 aromatic rings. The Balaban J connectivity index is 1.72. The van der Waals surface area contributed by atoms with Crippen LogP contribution < -0.4 is 15.0 Å². The number of carbonyl (C=O) groups excluding carboxylic acids is 1. The van der Waals surface area contributed by atoms with Crippen molar-refractivity contribution in [3.63, 3.8) is 0 Å². The average molecular weight is 289 g/mol. The molecule has 0 saturated carbocycles. The number of nitrogens with zero attached hydrogens (tertiary/aromatic N) is 2. The van der Waals surface area contributed by atoms with Crippen LogP contribution in [0.3, 0.4) is 0 Å². The summed E-state index contributed by atoms with van der Waals surface area (Å²) in [6.45, 7) is 6.76. The summed E-state index contributed by atoms with van der Waals surface area (Å²) < 4.78 is 5.47. The summed E-state index contributed by atoms with van der Waals surface area (Å²) in [5.41, 5.74) is 2.14. The average Bonchev–Trinajstić information content (AvgIpc) is 2.52. The maximum atomic E-state index is 11.7. The molecule has 0 bridgehead atoms. The van der Waals surface area contributed by atoms with Crippen LogP contribution in [0.5, 0.6) is 5.75 Å². The molecule has 0 spiro atoms. The number of likely N-dealkylation sites (N-methyl/N-ethyl adjacent to an activating group) is 1. The largest absolute Gasteiger partial charge is 0.482 e. The standard InChI is InChI=1S/C16H23N3O2/c1-12(19-7-5-17-6-8-19)9-13-3-4-15-14(10-13)18(2)16(20)11-21-15/h3-4,10,12,17H,5-9,11H2,1-2H3. The first-order valence-corrected chi connectivity index (χ1v) is 7.62. The van der Waals surface area contributed by atoms with E-state index in [1.54, 1.807) is 4.90 Å². The van der Waals surface area contributed by atoms with Crippen LogP contribution in [0.2, 0.25) is 0 Å². The summed E-state index contributed by atoms with van der Waals surface area (Å²) >= 11 is 0. The maximum absolute atomic E-state index is 11.7. The fourth-order valence-electron chi connectivity index (χ4n) is 3.04. The Hall–Kier alpha value is -1.59. The molecule has 114 valence electrons. The SMILES string of the molecule is CC(Cc1ccc2c(c1)N(C)C(=O)CO2)N1CCNCC1. The van der Waals surface area contributed by atoms with Crippen LogP contribution >= 0.6 is 0 Å². The second kappa shape index (κ2) is 6.03. The summed E-state index contributed by atoms with van der Waals surface area (Å²) in [6.07, 6.45) is 0.995. The van der Waals surface area contributed by atoms with Crippen LogP contribution in [-0.4, -0.2) is 56.7 Å². The highest BCUT2D eigenvalue weighted by Gasteiger charge is 2.23. The van der Waals surface area contributed by atoms with Crippen molar-refractivity contribution < 1.29 is 9.53 Å². The topological polar surface area (TPSA) is 44.8 Å². The summed E-state index contributed by atoms with van der Waals surface area (Å²) in [7, 11) is 1.81. The Morgan fingerprint density at radius 2 is 2.10 bits per heavy atom. The summed E-state index contributed by atoms with van der Waals surface area (Å²) in [4.78, 5) is 15.9. The Morgan fingerprint density at radius 1 is 1.33 bits per heavy atom. The second-order valence-corrected chi connectivity index (χ2v) is 5.88. The number of nitrogens with one attached hydrogen (secondary N) is 1. The van der Waals surface area contributed by atoms with Crippen LogP contribution in [0.15, 0.2) is 18.2 Å². The normalized spacial score (nSPS) is 20.9. The molecule has 1 aromatic carbocycles. The lowest BCUT2D eigenvalue weighted by Crippen LogP contribution is -2.48. The van der Waals surface area contributed by atoms with Crippen LogP contribution in [-0.2, 0) is 11.2 Å². The summed E-state index contributed by atoms with van der Waals surface area (Å²) in [6, 6.07) is 6.69. The van der Waals surface area contributed by atoms with Gasteiger partial charge in [-0.05, 0) is 31.0 Å². The van der Waals surface area contributed by atoms with Crippen molar-refractivity contribution in [3.05, 3.63) is 23.8 Å². The van der Waals surface area contributed by atoms with E-state index in [9.17, 15) is 4.79 Å². The molecule has 1 atom stereocenters. The third kappa shape index (κ3) is 3.04. The van der Waals surface area contributed by atoms with Gasteiger partial charge in [0.1, 0.15) is 5.75 Å². The number of fused-ring (bicyclic) bond motifs is 1. The van der Waals surface area contributed by atoms with Crippen molar-refractivity contribution in [3.8, 4) is 5.75 Å². The molecule has 21 heavy (non-hydrogen) atoms. The number of ether oxygens (including phenoxy) is 1. The highest BCUT2D eigenvalue weighted by Crippen LogP contribution is 2.32. The van der Waals surface area contributed by atoms with E-state index < -0.39 is 0 Å². The van der Waals surface area contributed by atoms with Crippen LogP contribution in [0.4, 0.5) is 5.69 Å².